The summed E-state index contributed by atoms with van der Waals surface area (Å²) in [6.45, 7) is 9.53. The van der Waals surface area contributed by atoms with Crippen LogP contribution in [0, 0.1) is 52.3 Å². The van der Waals surface area contributed by atoms with Crippen LogP contribution in [-0.2, 0) is 19.1 Å². The van der Waals surface area contributed by atoms with Crippen LogP contribution in [-0.4, -0.2) is 25.2 Å². The number of hydrogen-bond acceptors (Lipinski definition) is 4. The van der Waals surface area contributed by atoms with E-state index < -0.39 is 5.92 Å². The first-order valence-corrected chi connectivity index (χ1v) is 13.9. The summed E-state index contributed by atoms with van der Waals surface area (Å²) in [6, 6.07) is 0. The fourth-order valence-electron chi connectivity index (χ4n) is 9.70. The highest BCUT2D eigenvalue weighted by Crippen LogP contribution is 2.70. The van der Waals surface area contributed by atoms with Crippen molar-refractivity contribution in [1.29, 1.82) is 0 Å². The maximum atomic E-state index is 13.2. The lowest BCUT2D eigenvalue weighted by Gasteiger charge is -2.60. The SMILES string of the molecule is CCOC(=O)C1[C@@H](C(=O)OCC)CC=C2[C@H]1C[C@H]1[C@@H]3CCC4CCCC[C@]4(C)[C@H]3CC[C@]21C. The van der Waals surface area contributed by atoms with Gasteiger partial charge in [-0.3, -0.25) is 9.59 Å². The van der Waals surface area contributed by atoms with E-state index in [1.54, 1.807) is 0 Å². The molecule has 0 N–H and O–H groups in total. The van der Waals surface area contributed by atoms with Gasteiger partial charge in [-0.25, -0.2) is 0 Å². The molecule has 33 heavy (non-hydrogen) atoms. The van der Waals surface area contributed by atoms with Gasteiger partial charge in [0, 0.05) is 0 Å². The Balaban J connectivity index is 1.47. The molecular formula is C29H44O4. The summed E-state index contributed by atoms with van der Waals surface area (Å²) in [7, 11) is 0. The first-order chi connectivity index (χ1) is 15.8. The largest absolute Gasteiger partial charge is 0.466 e. The molecule has 9 atom stereocenters. The average molecular weight is 457 g/mol. The molecule has 0 heterocycles. The van der Waals surface area contributed by atoms with Crippen LogP contribution in [0.3, 0.4) is 0 Å². The third-order valence-corrected chi connectivity index (χ3v) is 11.1. The molecule has 0 aliphatic heterocycles. The number of esters is 2. The maximum absolute atomic E-state index is 13.2. The van der Waals surface area contributed by atoms with Crippen LogP contribution in [0.1, 0.15) is 91.9 Å². The molecule has 4 nitrogen and oxygen atoms in total. The van der Waals surface area contributed by atoms with Crippen molar-refractivity contribution < 1.29 is 19.1 Å². The molecule has 0 aromatic heterocycles. The third kappa shape index (κ3) is 3.52. The number of ether oxygens (including phenoxy) is 2. The van der Waals surface area contributed by atoms with Gasteiger partial charge in [0.15, 0.2) is 0 Å². The van der Waals surface area contributed by atoms with E-state index in [4.69, 9.17) is 9.47 Å². The molecule has 4 heteroatoms. The molecule has 0 aromatic carbocycles. The molecule has 0 aromatic rings. The van der Waals surface area contributed by atoms with E-state index in [1.807, 2.05) is 13.8 Å². The van der Waals surface area contributed by atoms with E-state index in [0.29, 0.717) is 31.0 Å². The van der Waals surface area contributed by atoms with Gasteiger partial charge in [0.05, 0.1) is 25.0 Å². The van der Waals surface area contributed by atoms with Crippen molar-refractivity contribution >= 4 is 11.9 Å². The minimum atomic E-state index is -0.399. The second kappa shape index (κ2) is 8.72. The Morgan fingerprint density at radius 1 is 0.939 bits per heavy atom. The smallest absolute Gasteiger partial charge is 0.310 e. The first kappa shape index (κ1) is 23.4. The van der Waals surface area contributed by atoms with Gasteiger partial charge in [0.25, 0.3) is 0 Å². The highest BCUT2D eigenvalue weighted by molar-refractivity contribution is 5.83. The van der Waals surface area contributed by atoms with Crippen LogP contribution in [0.25, 0.3) is 0 Å². The number of rotatable bonds is 4. The van der Waals surface area contributed by atoms with Gasteiger partial charge in [-0.2, -0.15) is 0 Å². The first-order valence-electron chi connectivity index (χ1n) is 13.9. The minimum Gasteiger partial charge on any atom is -0.466 e. The van der Waals surface area contributed by atoms with Gasteiger partial charge in [0.1, 0.15) is 0 Å². The van der Waals surface area contributed by atoms with Gasteiger partial charge in [-0.1, -0.05) is 38.3 Å². The summed E-state index contributed by atoms with van der Waals surface area (Å²) in [6.07, 6.45) is 15.0. The Labute approximate surface area is 200 Å². The standard InChI is InChI=1S/C29H44O4/c1-5-32-26(30)20-12-13-22-21(25(20)27(31)33-6-2)17-24-19-11-10-18-9-7-8-15-28(18,3)23(19)14-16-29(22,24)4/h13,18-21,23-25H,5-12,14-17H2,1-4H3/t18?,19-,20+,21-,23+,24+,25?,28+,29-/m1/s1. The van der Waals surface area contributed by atoms with Gasteiger partial charge < -0.3 is 9.47 Å². The Morgan fingerprint density at radius 2 is 1.70 bits per heavy atom. The molecule has 4 saturated carbocycles. The molecule has 5 rings (SSSR count). The molecule has 4 fully saturated rings. The van der Waals surface area contributed by atoms with Gasteiger partial charge in [-0.15, -0.1) is 0 Å². The summed E-state index contributed by atoms with van der Waals surface area (Å²) < 4.78 is 11.0. The molecule has 5 aliphatic rings. The predicted molar refractivity (Wildman–Crippen MR) is 128 cm³/mol. The fraction of sp³-hybridized carbons (Fsp3) is 0.862. The minimum absolute atomic E-state index is 0.137. The molecule has 5 aliphatic carbocycles. The number of hydrogen-bond donors (Lipinski definition) is 0. The van der Waals surface area contributed by atoms with E-state index in [1.165, 1.54) is 56.9 Å². The topological polar surface area (TPSA) is 52.6 Å². The lowest BCUT2D eigenvalue weighted by molar-refractivity contribution is -0.162. The van der Waals surface area contributed by atoms with Crippen molar-refractivity contribution in [3.8, 4) is 0 Å². The monoisotopic (exact) mass is 456 g/mol. The zero-order chi connectivity index (χ0) is 23.4. The van der Waals surface area contributed by atoms with Crippen molar-refractivity contribution in [3.63, 3.8) is 0 Å². The number of carbonyl (C=O) groups is 2. The predicted octanol–water partition coefficient (Wildman–Crippen LogP) is 6.33. The molecule has 0 spiro atoms. The van der Waals surface area contributed by atoms with Crippen molar-refractivity contribution in [2.24, 2.45) is 52.3 Å². The summed E-state index contributed by atoms with van der Waals surface area (Å²) in [5, 5.41) is 0. The zero-order valence-electron chi connectivity index (χ0n) is 21.2. The lowest BCUT2D eigenvalue weighted by Crippen LogP contribution is -2.52. The Bertz CT molecular complexity index is 816. The summed E-state index contributed by atoms with van der Waals surface area (Å²) in [5.74, 6) is 2.08. The lowest BCUT2D eigenvalue weighted by atomic mass is 9.45. The van der Waals surface area contributed by atoms with E-state index in [9.17, 15) is 9.59 Å². The van der Waals surface area contributed by atoms with Gasteiger partial charge in [-0.05, 0) is 106 Å². The Kier molecular flexibility index (Phi) is 6.19. The van der Waals surface area contributed by atoms with Crippen LogP contribution in [0.5, 0.6) is 0 Å². The number of carbonyl (C=O) groups excluding carboxylic acids is 2. The summed E-state index contributed by atoms with van der Waals surface area (Å²) >= 11 is 0. The number of fused-ring (bicyclic) bond motifs is 7. The van der Waals surface area contributed by atoms with Crippen LogP contribution in [0.4, 0.5) is 0 Å². The fourth-order valence-corrected chi connectivity index (χ4v) is 9.70. The molecule has 0 bridgehead atoms. The molecule has 0 amide bonds. The second-order valence-electron chi connectivity index (χ2n) is 12.2. The molecule has 184 valence electrons. The van der Waals surface area contributed by atoms with Gasteiger partial charge in [0.2, 0.25) is 0 Å². The Morgan fingerprint density at radius 3 is 2.45 bits per heavy atom. The molecular weight excluding hydrogens is 412 g/mol. The maximum Gasteiger partial charge on any atom is 0.310 e. The van der Waals surface area contributed by atoms with E-state index >= 15 is 0 Å². The third-order valence-electron chi connectivity index (χ3n) is 11.1. The number of allylic oxidation sites excluding steroid dienone is 2. The van der Waals surface area contributed by atoms with Crippen LogP contribution in [0.15, 0.2) is 11.6 Å². The zero-order valence-corrected chi connectivity index (χ0v) is 21.2. The molecule has 0 radical (unpaired) electrons. The Hall–Kier alpha value is -1.32. The average Bonchev–Trinajstić information content (AvgIpc) is 3.11. The van der Waals surface area contributed by atoms with Crippen LogP contribution >= 0.6 is 0 Å². The van der Waals surface area contributed by atoms with Crippen LogP contribution < -0.4 is 0 Å². The van der Waals surface area contributed by atoms with Crippen molar-refractivity contribution in [2.75, 3.05) is 13.2 Å². The molecule has 0 saturated heterocycles. The summed E-state index contributed by atoms with van der Waals surface area (Å²) in [5.41, 5.74) is 2.16. The van der Waals surface area contributed by atoms with Crippen molar-refractivity contribution in [3.05, 3.63) is 11.6 Å². The highest BCUT2D eigenvalue weighted by atomic mass is 16.5. The van der Waals surface area contributed by atoms with Crippen molar-refractivity contribution in [2.45, 2.75) is 91.9 Å². The summed E-state index contributed by atoms with van der Waals surface area (Å²) in [4.78, 5) is 26.1. The van der Waals surface area contributed by atoms with Gasteiger partial charge >= 0.3 is 11.9 Å². The van der Waals surface area contributed by atoms with E-state index in [-0.39, 0.29) is 29.2 Å². The normalized spacial score (nSPS) is 46.2. The van der Waals surface area contributed by atoms with Crippen LogP contribution in [0.2, 0.25) is 0 Å². The second-order valence-corrected chi connectivity index (χ2v) is 12.2. The van der Waals surface area contributed by atoms with Crippen molar-refractivity contribution in [1.82, 2.24) is 0 Å². The quantitative estimate of drug-likeness (QED) is 0.366. The van der Waals surface area contributed by atoms with E-state index in [0.717, 1.165) is 24.2 Å². The highest BCUT2D eigenvalue weighted by Gasteiger charge is 2.63. The molecule has 2 unspecified atom stereocenters. The van der Waals surface area contributed by atoms with E-state index in [2.05, 4.69) is 19.9 Å².